The van der Waals surface area contributed by atoms with Crippen LogP contribution in [0, 0.1) is 11.8 Å². The van der Waals surface area contributed by atoms with Gasteiger partial charge in [0.25, 0.3) is 0 Å². The summed E-state index contributed by atoms with van der Waals surface area (Å²) in [7, 11) is 3.47. The number of amides is 9. The summed E-state index contributed by atoms with van der Waals surface area (Å²) in [6.07, 6.45) is 9.72. The van der Waals surface area contributed by atoms with Gasteiger partial charge in [0, 0.05) is 19.6 Å². The molecule has 4 aromatic rings. The number of rotatable bonds is 17. The van der Waals surface area contributed by atoms with Crippen molar-refractivity contribution in [1.29, 1.82) is 0 Å². The van der Waals surface area contributed by atoms with Gasteiger partial charge in [-0.3, -0.25) is 24.1 Å². The van der Waals surface area contributed by atoms with Gasteiger partial charge in [-0.2, -0.15) is 0 Å². The normalized spacial score (nSPS) is 18.9. The number of nitrogens with one attached hydrogen (secondary N) is 2. The lowest BCUT2D eigenvalue weighted by atomic mass is 9.83. The van der Waals surface area contributed by atoms with Crippen LogP contribution in [-0.2, 0) is 55.0 Å². The molecule has 0 spiro atoms. The van der Waals surface area contributed by atoms with Crippen molar-refractivity contribution in [3.05, 3.63) is 144 Å². The zero-order valence-electron chi connectivity index (χ0n) is 52.3. The maximum Gasteiger partial charge on any atom is 0.419 e. The van der Waals surface area contributed by atoms with Crippen molar-refractivity contribution >= 4 is 53.5 Å². The molecule has 2 aliphatic carbocycles. The number of nitrogens with zero attached hydrogens (tertiary/aromatic N) is 6. The second kappa shape index (κ2) is 38.4. The molecule has 3 heterocycles. The first-order valence-electron chi connectivity index (χ1n) is 30.8. The van der Waals surface area contributed by atoms with Crippen LogP contribution in [-0.4, -0.2) is 152 Å². The minimum Gasteiger partial charge on any atom is -0.480 e. The Morgan fingerprint density at radius 3 is 1.06 bits per heavy atom. The summed E-state index contributed by atoms with van der Waals surface area (Å²) in [6, 6.07) is 32.7. The van der Waals surface area contributed by atoms with E-state index in [4.69, 9.17) is 4.74 Å². The monoisotopic (exact) mass is 1200 g/mol. The van der Waals surface area contributed by atoms with Gasteiger partial charge < -0.3 is 35.2 Å². The van der Waals surface area contributed by atoms with Crippen LogP contribution in [0.2, 0.25) is 0 Å². The van der Waals surface area contributed by atoms with Crippen molar-refractivity contribution in [2.75, 3.05) is 33.7 Å². The Labute approximate surface area is 517 Å². The molecule has 5 atom stereocenters. The fraction of sp³-hybridized carbons (Fsp3) is 0.515. The molecule has 3 N–H and O–H groups in total. The Kier molecular flexibility index (Phi) is 32.4. The molecule has 0 aromatic heterocycles. The molecule has 5 aliphatic rings. The third kappa shape index (κ3) is 20.4. The third-order valence-electron chi connectivity index (χ3n) is 15.7. The second-order valence-corrected chi connectivity index (χ2v) is 21.2. The summed E-state index contributed by atoms with van der Waals surface area (Å²) in [5.41, 5.74) is 3.64. The lowest BCUT2D eigenvalue weighted by Crippen LogP contribution is -2.54. The van der Waals surface area contributed by atoms with Crippen LogP contribution in [0.25, 0.3) is 0 Å². The van der Waals surface area contributed by atoms with Crippen LogP contribution in [0.1, 0.15) is 149 Å². The average molecular weight is 1200 g/mol. The highest BCUT2D eigenvalue weighted by Crippen LogP contribution is 2.32. The van der Waals surface area contributed by atoms with E-state index in [-0.39, 0.29) is 69.0 Å². The number of hydrogen-bond donors (Lipinski definition) is 3. The Balaban J connectivity index is 0.000000325. The number of carboxylic acid groups (broad SMARTS) is 1. The van der Waals surface area contributed by atoms with Crippen molar-refractivity contribution in [1.82, 2.24) is 40.0 Å². The maximum atomic E-state index is 13.3. The highest BCUT2D eigenvalue weighted by Gasteiger charge is 2.49. The number of hydrogen-bond acceptors (Lipinski definition) is 12. The van der Waals surface area contributed by atoms with Crippen molar-refractivity contribution in [3.8, 4) is 0 Å². The van der Waals surface area contributed by atoms with E-state index in [1.807, 2.05) is 163 Å². The van der Waals surface area contributed by atoms with E-state index in [1.54, 1.807) is 19.0 Å². The summed E-state index contributed by atoms with van der Waals surface area (Å²) in [6.45, 7) is 16.4. The van der Waals surface area contributed by atoms with E-state index in [2.05, 4.69) is 10.6 Å². The predicted molar refractivity (Wildman–Crippen MR) is 339 cm³/mol. The van der Waals surface area contributed by atoms with E-state index in [0.29, 0.717) is 19.6 Å². The first kappa shape index (κ1) is 73.5. The first-order chi connectivity index (χ1) is 41.6. The lowest BCUT2D eigenvalue weighted by Gasteiger charge is -2.32. The SMILES string of the molecule is C.CC.CC.CC.CC(=O)[C@@H]1CN(Cc2ccccc2)C(=O)N1C(=O)OCc1ccccc1.CNC(C(=O)N1C(=O)N(Cc2ccccc2)CC1C(=O)O)C1CCCCC1.CNC(C(=O)N1C(=O)N(Cc2ccccc2)CC1C(C)=O)C1CCCCC1. The van der Waals surface area contributed by atoms with E-state index >= 15 is 0 Å². The lowest BCUT2D eigenvalue weighted by molar-refractivity contribution is -0.147. The number of urea groups is 3. The summed E-state index contributed by atoms with van der Waals surface area (Å²) in [5.74, 6) is -1.86. The van der Waals surface area contributed by atoms with Gasteiger partial charge in [0.1, 0.15) is 18.7 Å². The van der Waals surface area contributed by atoms with E-state index in [1.165, 1.54) is 35.0 Å². The minimum absolute atomic E-state index is 0. The number of benzene rings is 4. The smallest absolute Gasteiger partial charge is 0.419 e. The number of aliphatic carboxylic acids is 1. The van der Waals surface area contributed by atoms with Gasteiger partial charge in [0.15, 0.2) is 17.6 Å². The Morgan fingerprint density at radius 2 is 0.747 bits per heavy atom. The number of carbonyl (C=O) groups excluding carboxylic acids is 8. The second-order valence-electron chi connectivity index (χ2n) is 21.2. The average Bonchev–Trinajstić information content (AvgIpc) is 2.03. The maximum absolute atomic E-state index is 13.3. The molecular weight excluding hydrogens is 1100 g/mol. The molecule has 476 valence electrons. The van der Waals surface area contributed by atoms with Crippen molar-refractivity contribution < 1.29 is 53.0 Å². The van der Waals surface area contributed by atoms with Crippen LogP contribution >= 0.6 is 0 Å². The fourth-order valence-electron chi connectivity index (χ4n) is 11.4. The van der Waals surface area contributed by atoms with E-state index < -0.39 is 60.2 Å². The summed E-state index contributed by atoms with van der Waals surface area (Å²) >= 11 is 0. The topological polar surface area (TPSA) is 227 Å². The number of carboxylic acids is 1. The number of ketones is 2. The van der Waals surface area contributed by atoms with Gasteiger partial charge >= 0.3 is 30.2 Å². The van der Waals surface area contributed by atoms with Gasteiger partial charge in [0.05, 0.1) is 31.7 Å². The number of Topliss-reactive ketones (excluding diaryl/α,β-unsaturated/α-hetero) is 2. The molecule has 4 aromatic carbocycles. The Morgan fingerprint density at radius 1 is 0.460 bits per heavy atom. The van der Waals surface area contributed by atoms with Crippen molar-refractivity contribution in [2.45, 2.75) is 183 Å². The number of imide groups is 3. The standard InChI is InChI=1S/C21H29N3O3.C20H27N3O4.C20H20N2O4.3C2H6.CH4/c1-15(25)18-14-23(13-16-9-5-3-6-10-16)21(27)24(18)20(26)19(22-2)17-11-7-4-8-12-17;1-21-17(15-10-6-3-7-11-15)18(24)23-16(19(25)26)13-22(20(23)27)12-14-8-4-2-5-9-14;1-15(23)18-13-21(12-16-8-4-2-5-9-16)19(24)22(18)20(25)26-14-17-10-6-3-7-11-17;3*1-2;/h3,5-6,9-10,17-19,22H,4,7-8,11-14H2,1-2H3;2,4-5,8-9,15-17,21H,3,6-7,10-13H2,1H3,(H,25,26);2-11,18H,12-14H2,1H3;3*1-2H3;1H4/t;;18-;;;;/m..0..../s1. The molecule has 19 heteroatoms. The Bertz CT molecular complexity index is 2640. The molecule has 9 amide bonds. The molecule has 0 radical (unpaired) electrons. The molecule has 5 fully saturated rings. The summed E-state index contributed by atoms with van der Waals surface area (Å²) < 4.78 is 5.25. The number of carbonyl (C=O) groups is 9. The zero-order chi connectivity index (χ0) is 63.3. The molecule has 4 unspecified atom stereocenters. The van der Waals surface area contributed by atoms with Crippen molar-refractivity contribution in [2.24, 2.45) is 11.8 Å². The molecular formula is C68H98N8O11. The first-order valence-corrected chi connectivity index (χ1v) is 30.8. The van der Waals surface area contributed by atoms with Crippen LogP contribution < -0.4 is 10.6 Å². The molecule has 3 aliphatic heterocycles. The van der Waals surface area contributed by atoms with Gasteiger partial charge in [-0.25, -0.2) is 33.8 Å². The van der Waals surface area contributed by atoms with Gasteiger partial charge in [-0.1, -0.05) is 209 Å². The van der Waals surface area contributed by atoms with Gasteiger partial charge in [0.2, 0.25) is 11.8 Å². The van der Waals surface area contributed by atoms with Gasteiger partial charge in [-0.15, -0.1) is 0 Å². The zero-order valence-corrected chi connectivity index (χ0v) is 52.3. The highest BCUT2D eigenvalue weighted by molar-refractivity contribution is 6.05. The molecule has 0 bridgehead atoms. The van der Waals surface area contributed by atoms with Crippen molar-refractivity contribution in [3.63, 3.8) is 0 Å². The summed E-state index contributed by atoms with van der Waals surface area (Å²) in [4.78, 5) is 121. The molecule has 19 nitrogen and oxygen atoms in total. The quantitative estimate of drug-likeness (QED) is 0.0895. The molecule has 87 heavy (non-hydrogen) atoms. The largest absolute Gasteiger partial charge is 0.480 e. The summed E-state index contributed by atoms with van der Waals surface area (Å²) in [5, 5.41) is 15.8. The fourth-order valence-corrected chi connectivity index (χ4v) is 11.4. The Hall–Kier alpha value is -7.77. The van der Waals surface area contributed by atoms with Crippen LogP contribution in [0.15, 0.2) is 121 Å². The predicted octanol–water partition coefficient (Wildman–Crippen LogP) is 11.6. The highest BCUT2D eigenvalue weighted by atomic mass is 16.6. The van der Waals surface area contributed by atoms with E-state index in [9.17, 15) is 48.3 Å². The molecule has 3 saturated heterocycles. The van der Waals surface area contributed by atoms with Crippen LogP contribution in [0.4, 0.5) is 19.2 Å². The molecule has 2 saturated carbocycles. The van der Waals surface area contributed by atoms with Crippen LogP contribution in [0.3, 0.4) is 0 Å². The molecule has 9 rings (SSSR count). The van der Waals surface area contributed by atoms with Gasteiger partial charge in [-0.05, 0) is 87.7 Å². The number of likely N-dealkylation sites (N-methyl/N-ethyl adjacent to an activating group) is 2. The third-order valence-corrected chi connectivity index (χ3v) is 15.7. The van der Waals surface area contributed by atoms with E-state index in [0.717, 1.165) is 89.8 Å². The minimum atomic E-state index is -1.15. The number of ether oxygens (including phenoxy) is 1. The van der Waals surface area contributed by atoms with Crippen LogP contribution in [0.5, 0.6) is 0 Å².